The van der Waals surface area contributed by atoms with Crippen LogP contribution in [0.25, 0.3) is 33.6 Å². The summed E-state index contributed by atoms with van der Waals surface area (Å²) in [6, 6.07) is 12.2. The van der Waals surface area contributed by atoms with Gasteiger partial charge in [0.2, 0.25) is 11.8 Å². The van der Waals surface area contributed by atoms with E-state index < -0.39 is 0 Å². The molecule has 0 atom stereocenters. The lowest BCUT2D eigenvalue weighted by atomic mass is 9.81. The molecule has 2 fully saturated rings. The van der Waals surface area contributed by atoms with Crippen molar-refractivity contribution in [1.82, 2.24) is 30.6 Å². The molecule has 46 heavy (non-hydrogen) atoms. The predicted molar refractivity (Wildman–Crippen MR) is 178 cm³/mol. The third-order valence-electron chi connectivity index (χ3n) is 8.95. The summed E-state index contributed by atoms with van der Waals surface area (Å²) in [5.41, 5.74) is 5.45. The van der Waals surface area contributed by atoms with E-state index in [1.807, 2.05) is 36.4 Å². The van der Waals surface area contributed by atoms with Gasteiger partial charge in [0.25, 0.3) is 0 Å². The van der Waals surface area contributed by atoms with E-state index in [1.165, 1.54) is 0 Å². The number of aromatic nitrogens is 4. The topological polar surface area (TPSA) is 135 Å². The van der Waals surface area contributed by atoms with Gasteiger partial charge < -0.3 is 30.3 Å². The molecule has 2 aromatic carbocycles. The maximum absolute atomic E-state index is 9.28. The minimum absolute atomic E-state index is 0.230. The number of aliphatic hydroxyl groups excluding tert-OH is 2. The molecule has 0 aliphatic heterocycles. The van der Waals surface area contributed by atoms with Crippen molar-refractivity contribution in [3.05, 3.63) is 70.2 Å². The van der Waals surface area contributed by atoms with E-state index in [4.69, 9.17) is 42.6 Å². The maximum atomic E-state index is 9.28. The third-order valence-corrected chi connectivity index (χ3v) is 9.77. The lowest BCUT2D eigenvalue weighted by molar-refractivity contribution is 0.126. The molecule has 0 spiro atoms. The lowest BCUT2D eigenvalue weighted by Crippen LogP contribution is -2.42. The van der Waals surface area contributed by atoms with E-state index in [1.54, 1.807) is 26.6 Å². The van der Waals surface area contributed by atoms with Crippen molar-refractivity contribution in [1.29, 1.82) is 0 Å². The Bertz CT molecular complexity index is 1560. The number of ether oxygens (including phenoxy) is 2. The van der Waals surface area contributed by atoms with Crippen LogP contribution >= 0.6 is 23.2 Å². The van der Waals surface area contributed by atoms with Gasteiger partial charge in [-0.3, -0.25) is 9.97 Å². The SMILES string of the molecule is COc1nc(-c2cccc(-c3cccc(-c4cnc(CNC5CC(CO)C5)c(OC)n4)c3Cl)c2Cl)cnc1CNC1CC(CO)C1. The van der Waals surface area contributed by atoms with Gasteiger partial charge in [-0.15, -0.1) is 0 Å². The summed E-state index contributed by atoms with van der Waals surface area (Å²) < 4.78 is 11.2. The Balaban J connectivity index is 1.22. The highest BCUT2D eigenvalue weighted by molar-refractivity contribution is 6.39. The standard InChI is InChI=1S/C34H38Cl2N6O4/c1-45-33-29(15-37-21-9-19(10-21)17-43)39-13-27(41-33)25-7-3-5-23(31(25)35)24-6-4-8-26(32(24)36)28-14-40-30(34(42-28)46-2)16-38-22-11-20(12-22)18-44/h3-8,13-14,19-22,37-38,43-44H,9-12,15-18H2,1-2H3. The molecule has 0 radical (unpaired) electrons. The molecular weight excluding hydrogens is 627 g/mol. The molecule has 2 aliphatic carbocycles. The molecule has 12 heteroatoms. The first-order valence-electron chi connectivity index (χ1n) is 15.5. The Morgan fingerprint density at radius 1 is 0.674 bits per heavy atom. The quantitative estimate of drug-likeness (QED) is 0.149. The predicted octanol–water partition coefficient (Wildman–Crippen LogP) is 5.31. The largest absolute Gasteiger partial charge is 0.480 e. The third kappa shape index (κ3) is 6.83. The molecule has 0 unspecified atom stereocenters. The van der Waals surface area contributed by atoms with Crippen molar-refractivity contribution in [2.75, 3.05) is 27.4 Å². The average Bonchev–Trinajstić information content (AvgIpc) is 3.04. The molecule has 242 valence electrons. The normalized spacial score (nSPS) is 20.6. The number of aliphatic hydroxyl groups is 2. The van der Waals surface area contributed by atoms with E-state index in [-0.39, 0.29) is 13.2 Å². The van der Waals surface area contributed by atoms with Crippen LogP contribution in [-0.4, -0.2) is 69.7 Å². The molecule has 0 saturated heterocycles. The molecule has 4 N–H and O–H groups in total. The Morgan fingerprint density at radius 2 is 1.07 bits per heavy atom. The lowest BCUT2D eigenvalue weighted by Gasteiger charge is -2.34. The fourth-order valence-corrected chi connectivity index (χ4v) is 6.73. The van der Waals surface area contributed by atoms with Crippen molar-refractivity contribution in [3.63, 3.8) is 0 Å². The summed E-state index contributed by atoms with van der Waals surface area (Å²) >= 11 is 14.1. The second-order valence-electron chi connectivity index (χ2n) is 12.0. The van der Waals surface area contributed by atoms with Gasteiger partial charge in [-0.1, -0.05) is 59.6 Å². The average molecular weight is 666 g/mol. The fourth-order valence-electron chi connectivity index (χ4n) is 6.08. The second-order valence-corrected chi connectivity index (χ2v) is 12.7. The Hall–Kier alpha value is -3.38. The smallest absolute Gasteiger partial charge is 0.237 e. The van der Waals surface area contributed by atoms with Crippen LogP contribution in [0.15, 0.2) is 48.8 Å². The van der Waals surface area contributed by atoms with Crippen molar-refractivity contribution < 1.29 is 19.7 Å². The second kappa shape index (κ2) is 14.6. The van der Waals surface area contributed by atoms with Crippen molar-refractivity contribution in [2.24, 2.45) is 11.8 Å². The van der Waals surface area contributed by atoms with E-state index in [0.29, 0.717) is 92.7 Å². The van der Waals surface area contributed by atoms with Crippen LogP contribution in [0, 0.1) is 11.8 Å². The number of methoxy groups -OCH3 is 2. The highest BCUT2D eigenvalue weighted by atomic mass is 35.5. The number of halogens is 2. The van der Waals surface area contributed by atoms with Gasteiger partial charge >= 0.3 is 0 Å². The van der Waals surface area contributed by atoms with Crippen LogP contribution in [0.2, 0.25) is 10.0 Å². The molecule has 0 bridgehead atoms. The minimum Gasteiger partial charge on any atom is -0.480 e. The summed E-state index contributed by atoms with van der Waals surface area (Å²) in [4.78, 5) is 18.8. The van der Waals surface area contributed by atoms with E-state index in [0.717, 1.165) is 36.8 Å². The molecule has 4 aromatic rings. The summed E-state index contributed by atoms with van der Waals surface area (Å²) in [6.45, 7) is 1.50. The molecule has 6 rings (SSSR count). The van der Waals surface area contributed by atoms with Crippen molar-refractivity contribution in [2.45, 2.75) is 50.9 Å². The zero-order chi connectivity index (χ0) is 32.2. The molecule has 2 aliphatic rings. The van der Waals surface area contributed by atoms with Gasteiger partial charge in [-0.05, 0) is 37.5 Å². The van der Waals surface area contributed by atoms with Crippen LogP contribution in [0.3, 0.4) is 0 Å². The van der Waals surface area contributed by atoms with Crippen LogP contribution in [0.1, 0.15) is 37.1 Å². The van der Waals surface area contributed by atoms with Gasteiger partial charge in [-0.25, -0.2) is 9.97 Å². The fraction of sp³-hybridized carbons (Fsp3) is 0.412. The zero-order valence-corrected chi connectivity index (χ0v) is 27.4. The summed E-state index contributed by atoms with van der Waals surface area (Å²) in [5, 5.41) is 26.5. The summed E-state index contributed by atoms with van der Waals surface area (Å²) in [6.07, 6.45) is 7.21. The van der Waals surface area contributed by atoms with Crippen LogP contribution in [0.5, 0.6) is 11.8 Å². The van der Waals surface area contributed by atoms with Crippen LogP contribution in [-0.2, 0) is 13.1 Å². The van der Waals surface area contributed by atoms with Crippen molar-refractivity contribution in [3.8, 4) is 45.4 Å². The van der Waals surface area contributed by atoms with Gasteiger partial charge in [0.15, 0.2) is 0 Å². The van der Waals surface area contributed by atoms with Crippen molar-refractivity contribution >= 4 is 23.2 Å². The molecule has 2 aromatic heterocycles. The van der Waals surface area contributed by atoms with Gasteiger partial charge in [0.05, 0.1) is 48.0 Å². The van der Waals surface area contributed by atoms with Crippen LogP contribution < -0.4 is 20.1 Å². The molecular formula is C34H38Cl2N6O4. The number of hydrogen-bond acceptors (Lipinski definition) is 10. The zero-order valence-electron chi connectivity index (χ0n) is 25.8. The highest BCUT2D eigenvalue weighted by Gasteiger charge is 2.29. The number of hydrogen-bond donors (Lipinski definition) is 4. The first-order valence-corrected chi connectivity index (χ1v) is 16.2. The molecule has 10 nitrogen and oxygen atoms in total. The minimum atomic E-state index is 0.230. The molecule has 0 amide bonds. The van der Waals surface area contributed by atoms with E-state index in [9.17, 15) is 10.2 Å². The van der Waals surface area contributed by atoms with E-state index >= 15 is 0 Å². The van der Waals surface area contributed by atoms with E-state index in [2.05, 4.69) is 20.6 Å². The van der Waals surface area contributed by atoms with Crippen LogP contribution in [0.4, 0.5) is 0 Å². The number of rotatable bonds is 13. The first-order chi connectivity index (χ1) is 22.4. The van der Waals surface area contributed by atoms with Gasteiger partial charge in [0, 0.05) is 60.6 Å². The monoisotopic (exact) mass is 664 g/mol. The Morgan fingerprint density at radius 3 is 1.43 bits per heavy atom. The van der Waals surface area contributed by atoms with Gasteiger partial charge in [0.1, 0.15) is 11.4 Å². The number of nitrogens with one attached hydrogen (secondary N) is 2. The number of nitrogens with zero attached hydrogens (tertiary/aromatic N) is 4. The Kier molecular flexibility index (Phi) is 10.3. The summed E-state index contributed by atoms with van der Waals surface area (Å²) in [7, 11) is 3.16. The first kappa shape index (κ1) is 32.6. The van der Waals surface area contributed by atoms with Gasteiger partial charge in [-0.2, -0.15) is 0 Å². The number of benzene rings is 2. The Labute approximate surface area is 278 Å². The highest BCUT2D eigenvalue weighted by Crippen LogP contribution is 2.42. The maximum Gasteiger partial charge on any atom is 0.237 e. The molecule has 2 saturated carbocycles. The summed E-state index contributed by atoms with van der Waals surface area (Å²) in [5.74, 6) is 1.61. The molecule has 2 heterocycles.